The first-order valence-corrected chi connectivity index (χ1v) is 10.6. The highest BCUT2D eigenvalue weighted by Crippen LogP contribution is 2.39. The summed E-state index contributed by atoms with van der Waals surface area (Å²) in [6.45, 7) is 5.64. The minimum atomic E-state index is -0.407. The molecule has 1 amide bonds. The van der Waals surface area contributed by atoms with E-state index in [4.69, 9.17) is 23.2 Å². The number of aromatic nitrogens is 2. The second-order valence-electron chi connectivity index (χ2n) is 7.71. The molecule has 0 spiro atoms. The van der Waals surface area contributed by atoms with Crippen LogP contribution in [0.5, 0.6) is 0 Å². The van der Waals surface area contributed by atoms with Gasteiger partial charge in [-0.1, -0.05) is 36.2 Å². The molecule has 0 radical (unpaired) electrons. The molecule has 0 N–H and O–H groups in total. The average molecular weight is 419 g/mol. The number of carbonyl (C=O) groups excluding carboxylic acids is 1. The maximum atomic E-state index is 13.7. The third kappa shape index (κ3) is 3.70. The topological polar surface area (TPSA) is 50.5 Å². The number of halogens is 2. The van der Waals surface area contributed by atoms with Gasteiger partial charge in [-0.15, -0.1) is 0 Å². The monoisotopic (exact) mass is 418 g/mol. The number of nitrogens with zero attached hydrogens (tertiary/aromatic N) is 4. The first kappa shape index (κ1) is 19.5. The minimum Gasteiger partial charge on any atom is -0.342 e. The Morgan fingerprint density at radius 1 is 1.25 bits per heavy atom. The molecule has 1 aromatic carbocycles. The Morgan fingerprint density at radius 3 is 2.71 bits per heavy atom. The van der Waals surface area contributed by atoms with Crippen LogP contribution in [0.2, 0.25) is 10.0 Å². The molecule has 2 aromatic rings. The number of hydrogen-bond donors (Lipinski definition) is 0. The van der Waals surface area contributed by atoms with E-state index in [0.29, 0.717) is 16.0 Å². The van der Waals surface area contributed by atoms with Crippen molar-refractivity contribution in [3.05, 3.63) is 46.1 Å². The van der Waals surface area contributed by atoms with Crippen molar-refractivity contribution in [1.82, 2.24) is 14.7 Å². The summed E-state index contributed by atoms with van der Waals surface area (Å²) in [4.78, 5) is 20.4. The zero-order chi connectivity index (χ0) is 19.8. The molecule has 4 rings (SSSR count). The van der Waals surface area contributed by atoms with Gasteiger partial charge in [0.05, 0.1) is 22.3 Å². The molecule has 28 heavy (non-hydrogen) atoms. The van der Waals surface area contributed by atoms with Gasteiger partial charge in [0, 0.05) is 24.9 Å². The molecule has 1 aliphatic carbocycles. The summed E-state index contributed by atoms with van der Waals surface area (Å²) in [7, 11) is 0. The van der Waals surface area contributed by atoms with E-state index in [1.807, 2.05) is 34.7 Å². The number of benzene rings is 1. The van der Waals surface area contributed by atoms with Gasteiger partial charge in [-0.2, -0.15) is 5.10 Å². The van der Waals surface area contributed by atoms with Crippen LogP contribution in [0.1, 0.15) is 44.7 Å². The Bertz CT molecular complexity index is 919. The van der Waals surface area contributed by atoms with Crippen LogP contribution in [0.15, 0.2) is 35.5 Å². The smallest absolute Gasteiger partial charge is 0.233 e. The highest BCUT2D eigenvalue weighted by atomic mass is 35.5. The maximum Gasteiger partial charge on any atom is 0.233 e. The van der Waals surface area contributed by atoms with Crippen molar-refractivity contribution in [3.63, 3.8) is 0 Å². The van der Waals surface area contributed by atoms with E-state index in [-0.39, 0.29) is 11.9 Å². The molecule has 148 valence electrons. The number of rotatable bonds is 6. The molecule has 7 heteroatoms. The van der Waals surface area contributed by atoms with Crippen LogP contribution < -0.4 is 0 Å². The van der Waals surface area contributed by atoms with Gasteiger partial charge in [-0.05, 0) is 49.8 Å². The van der Waals surface area contributed by atoms with E-state index < -0.39 is 5.92 Å². The van der Waals surface area contributed by atoms with Crippen molar-refractivity contribution >= 4 is 40.6 Å². The Labute approximate surface area is 175 Å². The fraction of sp³-hybridized carbons (Fsp3) is 0.476. The fourth-order valence-corrected chi connectivity index (χ4v) is 4.25. The van der Waals surface area contributed by atoms with Crippen LogP contribution >= 0.6 is 23.2 Å². The molecule has 1 fully saturated rings. The van der Waals surface area contributed by atoms with Gasteiger partial charge < -0.3 is 4.90 Å². The highest BCUT2D eigenvalue weighted by Gasteiger charge is 2.41. The lowest BCUT2D eigenvalue weighted by molar-refractivity contribution is -0.134. The largest absolute Gasteiger partial charge is 0.342 e. The van der Waals surface area contributed by atoms with Gasteiger partial charge in [0.25, 0.3) is 0 Å². The summed E-state index contributed by atoms with van der Waals surface area (Å²) in [5.74, 6) is 1.10. The third-order valence-electron chi connectivity index (χ3n) is 5.50. The number of fused-ring (bicyclic) bond motifs is 1. The molecule has 2 heterocycles. The molecular weight excluding hydrogens is 395 g/mol. The molecule has 1 aliphatic heterocycles. The summed E-state index contributed by atoms with van der Waals surface area (Å²) >= 11 is 12.4. The minimum absolute atomic E-state index is 0.118. The van der Waals surface area contributed by atoms with E-state index in [1.54, 1.807) is 12.3 Å². The molecule has 0 saturated heterocycles. The average Bonchev–Trinajstić information content (AvgIpc) is 3.37. The summed E-state index contributed by atoms with van der Waals surface area (Å²) in [5, 5.41) is 5.45. The fourth-order valence-electron chi connectivity index (χ4n) is 3.94. The summed E-state index contributed by atoms with van der Waals surface area (Å²) in [6.07, 6.45) is 5.08. The lowest BCUT2D eigenvalue weighted by Crippen LogP contribution is -2.45. The van der Waals surface area contributed by atoms with Crippen LogP contribution in [0.3, 0.4) is 0 Å². The summed E-state index contributed by atoms with van der Waals surface area (Å²) in [5.41, 5.74) is 1.72. The van der Waals surface area contributed by atoms with E-state index in [0.717, 1.165) is 36.6 Å². The molecule has 1 aromatic heterocycles. The highest BCUT2D eigenvalue weighted by molar-refractivity contribution is 6.42. The Kier molecular flexibility index (Phi) is 5.48. The van der Waals surface area contributed by atoms with Gasteiger partial charge in [0.1, 0.15) is 5.92 Å². The van der Waals surface area contributed by atoms with Crippen molar-refractivity contribution in [2.45, 2.75) is 39.2 Å². The first-order valence-electron chi connectivity index (χ1n) is 9.82. The van der Waals surface area contributed by atoms with Crippen LogP contribution in [-0.4, -0.2) is 39.4 Å². The van der Waals surface area contributed by atoms with Gasteiger partial charge in [-0.25, -0.2) is 9.67 Å². The number of hydrogen-bond acceptors (Lipinski definition) is 3. The maximum absolute atomic E-state index is 13.7. The van der Waals surface area contributed by atoms with Gasteiger partial charge in [0.15, 0.2) is 5.82 Å². The van der Waals surface area contributed by atoms with Crippen molar-refractivity contribution < 1.29 is 4.79 Å². The first-order chi connectivity index (χ1) is 13.5. The van der Waals surface area contributed by atoms with E-state index in [9.17, 15) is 4.79 Å². The molecule has 5 nitrogen and oxygen atoms in total. The second kappa shape index (κ2) is 7.88. The second-order valence-corrected chi connectivity index (χ2v) is 8.53. The van der Waals surface area contributed by atoms with Crippen LogP contribution in [0, 0.1) is 11.8 Å². The van der Waals surface area contributed by atoms with E-state index in [1.165, 1.54) is 12.8 Å². The molecule has 1 saturated carbocycles. The van der Waals surface area contributed by atoms with Crippen LogP contribution in [-0.2, 0) is 4.79 Å². The lowest BCUT2D eigenvalue weighted by Gasteiger charge is -2.35. The summed E-state index contributed by atoms with van der Waals surface area (Å²) in [6, 6.07) is 7.11. The zero-order valence-electron chi connectivity index (χ0n) is 16.1. The van der Waals surface area contributed by atoms with E-state index >= 15 is 0 Å². The summed E-state index contributed by atoms with van der Waals surface area (Å²) < 4.78 is 1.83. The van der Waals surface area contributed by atoms with Gasteiger partial charge in [-0.3, -0.25) is 4.79 Å². The Balaban J connectivity index is 1.75. The van der Waals surface area contributed by atoms with E-state index in [2.05, 4.69) is 17.0 Å². The van der Waals surface area contributed by atoms with Crippen molar-refractivity contribution in [2.24, 2.45) is 16.8 Å². The molecular formula is C21H24Cl2N4O. The Morgan fingerprint density at radius 2 is 2.04 bits per heavy atom. The standard InChI is InChI=1S/C21H24Cl2N4O/c1-3-10-26(12-14-4-5-14)21(28)19-13(2)25-18-8-9-24-27(18)20(19)15-6-7-16(22)17(23)11-15/h6-9,11,14,19-20H,3-5,10,12H2,1-2H3. The molecule has 2 atom stereocenters. The normalized spacial score (nSPS) is 21.2. The van der Waals surface area contributed by atoms with Crippen molar-refractivity contribution in [1.29, 1.82) is 0 Å². The Hall–Kier alpha value is -1.85. The number of carbonyl (C=O) groups is 1. The quantitative estimate of drug-likeness (QED) is 0.650. The van der Waals surface area contributed by atoms with Crippen molar-refractivity contribution in [3.8, 4) is 0 Å². The molecule has 2 aliphatic rings. The van der Waals surface area contributed by atoms with Gasteiger partial charge >= 0.3 is 0 Å². The number of aliphatic imine (C=N–C) groups is 1. The zero-order valence-corrected chi connectivity index (χ0v) is 17.6. The number of amides is 1. The molecule has 2 unspecified atom stereocenters. The van der Waals surface area contributed by atoms with Crippen molar-refractivity contribution in [2.75, 3.05) is 13.1 Å². The predicted molar refractivity (Wildman–Crippen MR) is 113 cm³/mol. The predicted octanol–water partition coefficient (Wildman–Crippen LogP) is 5.15. The lowest BCUT2D eigenvalue weighted by atomic mass is 9.87. The third-order valence-corrected chi connectivity index (χ3v) is 6.24. The SMILES string of the molecule is CCCN(CC1CC1)C(=O)C1C(C)=Nc2ccnn2C1c1ccc(Cl)c(Cl)c1. The van der Waals surface area contributed by atoms with Gasteiger partial charge in [0.2, 0.25) is 5.91 Å². The molecule has 0 bridgehead atoms. The van der Waals surface area contributed by atoms with Crippen LogP contribution in [0.25, 0.3) is 0 Å². The van der Waals surface area contributed by atoms with Crippen LogP contribution in [0.4, 0.5) is 5.82 Å².